The topological polar surface area (TPSA) is 95.2 Å². The first-order valence-corrected chi connectivity index (χ1v) is 8.19. The maximum Gasteiger partial charge on any atom is 0.137 e. The molecule has 128 valence electrons. The maximum absolute atomic E-state index is 9.12. The molecule has 1 heterocycles. The molecule has 0 aromatic heterocycles. The number of benzene rings is 1. The Kier molecular flexibility index (Phi) is 6.87. The van der Waals surface area contributed by atoms with Crippen molar-refractivity contribution in [1.29, 1.82) is 10.7 Å². The molecule has 0 aliphatic carbocycles. The van der Waals surface area contributed by atoms with Gasteiger partial charge in [-0.05, 0) is 55.2 Å². The third-order valence-electron chi connectivity index (χ3n) is 3.74. The van der Waals surface area contributed by atoms with Crippen molar-refractivity contribution in [3.05, 3.63) is 59.4 Å². The van der Waals surface area contributed by atoms with Crippen molar-refractivity contribution in [2.24, 2.45) is 16.6 Å². The van der Waals surface area contributed by atoms with Crippen LogP contribution in [0.4, 0.5) is 0 Å². The van der Waals surface area contributed by atoms with Crippen molar-refractivity contribution in [3.63, 3.8) is 0 Å². The highest BCUT2D eigenvalue weighted by atomic mass is 16.5. The number of nitriles is 1. The minimum atomic E-state index is 0.392. The lowest BCUT2D eigenvalue weighted by molar-refractivity contribution is 0.480. The number of nitrogens with one attached hydrogen (secondary N) is 1. The molecule has 25 heavy (non-hydrogen) atoms. The second kappa shape index (κ2) is 9.36. The molecule has 0 amide bonds. The molecule has 0 radical (unpaired) electrons. The average molecular weight is 334 g/mol. The Morgan fingerprint density at radius 1 is 1.48 bits per heavy atom. The van der Waals surface area contributed by atoms with Crippen LogP contribution in [0.15, 0.2) is 53.3 Å². The molecule has 0 saturated carbocycles. The van der Waals surface area contributed by atoms with E-state index in [1.807, 2.05) is 12.3 Å². The Morgan fingerprint density at radius 3 is 3.04 bits per heavy atom. The van der Waals surface area contributed by atoms with Crippen LogP contribution in [0.25, 0.3) is 5.70 Å². The molecule has 1 aromatic rings. The van der Waals surface area contributed by atoms with Gasteiger partial charge in [-0.2, -0.15) is 5.26 Å². The number of aliphatic imine (C=N–C) groups is 1. The summed E-state index contributed by atoms with van der Waals surface area (Å²) in [6.07, 6.45) is 11.8. The number of allylic oxidation sites excluding steroid dienone is 3. The molecule has 5 heteroatoms. The van der Waals surface area contributed by atoms with E-state index in [0.29, 0.717) is 23.8 Å². The van der Waals surface area contributed by atoms with Gasteiger partial charge in [-0.25, -0.2) is 0 Å². The smallest absolute Gasteiger partial charge is 0.137 e. The van der Waals surface area contributed by atoms with Crippen LogP contribution in [0.3, 0.4) is 0 Å². The predicted octanol–water partition coefficient (Wildman–Crippen LogP) is 3.83. The molecule has 0 unspecified atom stereocenters. The summed E-state index contributed by atoms with van der Waals surface area (Å²) >= 11 is 0. The Morgan fingerprint density at radius 2 is 2.32 bits per heavy atom. The predicted molar refractivity (Wildman–Crippen MR) is 102 cm³/mol. The zero-order valence-corrected chi connectivity index (χ0v) is 14.3. The highest BCUT2D eigenvalue weighted by Gasteiger charge is 2.12. The third-order valence-corrected chi connectivity index (χ3v) is 3.74. The van der Waals surface area contributed by atoms with E-state index in [-0.39, 0.29) is 0 Å². The molecule has 2 rings (SSSR count). The molecular weight excluding hydrogens is 312 g/mol. The van der Waals surface area contributed by atoms with Crippen LogP contribution in [0.1, 0.15) is 30.9 Å². The normalized spacial score (nSPS) is 22.7. The summed E-state index contributed by atoms with van der Waals surface area (Å²) < 4.78 is 5.61. The largest absolute Gasteiger partial charge is 0.464 e. The van der Waals surface area contributed by atoms with Crippen molar-refractivity contribution in [3.8, 4) is 11.8 Å². The van der Waals surface area contributed by atoms with Crippen LogP contribution < -0.4 is 10.5 Å². The monoisotopic (exact) mass is 334 g/mol. The molecule has 0 bridgehead atoms. The fourth-order valence-corrected chi connectivity index (χ4v) is 2.53. The van der Waals surface area contributed by atoms with Crippen molar-refractivity contribution in [2.75, 3.05) is 6.54 Å². The van der Waals surface area contributed by atoms with Crippen LogP contribution in [0, 0.1) is 22.7 Å². The SMILES string of the molecule is C[C@H]1\C=C(CCN)/C=N\C(c2ccc(C#N)cc2O/C=C/C=N)=C\C1. The van der Waals surface area contributed by atoms with Crippen LogP contribution in [-0.2, 0) is 0 Å². The fourth-order valence-electron chi connectivity index (χ4n) is 2.53. The first-order valence-electron chi connectivity index (χ1n) is 8.19. The average Bonchev–Trinajstić information content (AvgIpc) is 2.60. The number of nitrogens with two attached hydrogens (primary N) is 1. The standard InChI is InChI=1S/C20H22N4O/c1-15-3-6-19(24-14-17(11-15)7-9-22)18-5-4-16(13-23)12-20(18)25-10-2-8-21/h2,4-6,8,10-12,14-15,21H,3,7,9,22H2,1H3/b10-2+,17-11-,19-6+,21-8?,24-14-/t15-/m1/s1. The van der Waals surface area contributed by atoms with Gasteiger partial charge in [-0.3, -0.25) is 4.99 Å². The molecule has 0 fully saturated rings. The lowest BCUT2D eigenvalue weighted by Crippen LogP contribution is -2.04. The van der Waals surface area contributed by atoms with Crippen LogP contribution in [-0.4, -0.2) is 19.0 Å². The second-order valence-electron chi connectivity index (χ2n) is 5.78. The van der Waals surface area contributed by atoms with Gasteiger partial charge in [0.05, 0.1) is 23.6 Å². The highest BCUT2D eigenvalue weighted by Crippen LogP contribution is 2.30. The summed E-state index contributed by atoms with van der Waals surface area (Å²) in [6, 6.07) is 7.38. The van der Waals surface area contributed by atoms with Crippen molar-refractivity contribution in [1.82, 2.24) is 0 Å². The number of nitrogens with zero attached hydrogens (tertiary/aromatic N) is 2. The number of hydrogen-bond donors (Lipinski definition) is 2. The van der Waals surface area contributed by atoms with Gasteiger partial charge in [-0.15, -0.1) is 0 Å². The summed E-state index contributed by atoms with van der Waals surface area (Å²) in [7, 11) is 0. The molecular formula is C20H22N4O. The van der Waals surface area contributed by atoms with E-state index in [1.165, 1.54) is 12.3 Å². The maximum atomic E-state index is 9.12. The van der Waals surface area contributed by atoms with Gasteiger partial charge in [0.25, 0.3) is 0 Å². The highest BCUT2D eigenvalue weighted by molar-refractivity contribution is 5.86. The summed E-state index contributed by atoms with van der Waals surface area (Å²) in [6.45, 7) is 2.75. The zero-order valence-electron chi connectivity index (χ0n) is 14.3. The van der Waals surface area contributed by atoms with E-state index in [9.17, 15) is 0 Å². The molecule has 1 atom stereocenters. The van der Waals surface area contributed by atoms with Gasteiger partial charge in [0.1, 0.15) is 5.75 Å². The third kappa shape index (κ3) is 5.27. The van der Waals surface area contributed by atoms with E-state index in [0.717, 1.165) is 35.9 Å². The van der Waals surface area contributed by atoms with E-state index >= 15 is 0 Å². The van der Waals surface area contributed by atoms with E-state index < -0.39 is 0 Å². The second-order valence-corrected chi connectivity index (χ2v) is 5.78. The summed E-state index contributed by atoms with van der Waals surface area (Å²) in [4.78, 5) is 4.61. The van der Waals surface area contributed by atoms with Crippen molar-refractivity contribution < 1.29 is 4.74 Å². The molecule has 1 aliphatic rings. The first kappa shape index (κ1) is 18.4. The molecule has 1 aliphatic heterocycles. The Bertz CT molecular complexity index is 781. The van der Waals surface area contributed by atoms with Gasteiger partial charge in [0.15, 0.2) is 0 Å². The number of ether oxygens (including phenoxy) is 1. The van der Waals surface area contributed by atoms with Crippen LogP contribution >= 0.6 is 0 Å². The van der Waals surface area contributed by atoms with E-state index in [2.05, 4.69) is 30.1 Å². The van der Waals surface area contributed by atoms with Gasteiger partial charge >= 0.3 is 0 Å². The van der Waals surface area contributed by atoms with Crippen molar-refractivity contribution >= 4 is 18.1 Å². The molecule has 0 spiro atoms. The lowest BCUT2D eigenvalue weighted by Gasteiger charge is -2.14. The molecule has 5 nitrogen and oxygen atoms in total. The summed E-state index contributed by atoms with van der Waals surface area (Å²) in [5.74, 6) is 0.932. The quantitative estimate of drug-likeness (QED) is 0.611. The summed E-state index contributed by atoms with van der Waals surface area (Å²) in [5, 5.41) is 16.2. The van der Waals surface area contributed by atoms with Crippen molar-refractivity contribution in [2.45, 2.75) is 19.8 Å². The first-order chi connectivity index (χ1) is 12.2. The Hall–Kier alpha value is -2.97. The van der Waals surface area contributed by atoms with Gasteiger partial charge in [0, 0.05) is 18.0 Å². The van der Waals surface area contributed by atoms with Crippen LogP contribution in [0.2, 0.25) is 0 Å². The molecule has 3 N–H and O–H groups in total. The van der Waals surface area contributed by atoms with Crippen LogP contribution in [0.5, 0.6) is 5.75 Å². The zero-order chi connectivity index (χ0) is 18.1. The molecule has 1 aromatic carbocycles. The Balaban J connectivity index is 2.42. The number of rotatable bonds is 6. The van der Waals surface area contributed by atoms with E-state index in [1.54, 1.807) is 12.1 Å². The minimum Gasteiger partial charge on any atom is -0.464 e. The van der Waals surface area contributed by atoms with Gasteiger partial charge in [0.2, 0.25) is 0 Å². The van der Waals surface area contributed by atoms with E-state index in [4.69, 9.17) is 21.1 Å². The lowest BCUT2D eigenvalue weighted by atomic mass is 9.99. The molecule has 0 saturated heterocycles. The fraction of sp³-hybridized carbons (Fsp3) is 0.250. The summed E-state index contributed by atoms with van der Waals surface area (Å²) in [5.41, 5.74) is 8.92. The minimum absolute atomic E-state index is 0.392. The van der Waals surface area contributed by atoms with Gasteiger partial charge < -0.3 is 15.9 Å². The Labute approximate surface area is 148 Å². The van der Waals surface area contributed by atoms with Gasteiger partial charge in [-0.1, -0.05) is 19.1 Å². The number of hydrogen-bond acceptors (Lipinski definition) is 5.